The molecule has 5 unspecified atom stereocenters. The number of aliphatic carboxylic acids is 1. The summed E-state index contributed by atoms with van der Waals surface area (Å²) in [6, 6.07) is -4.39. The summed E-state index contributed by atoms with van der Waals surface area (Å²) < 4.78 is 0. The van der Waals surface area contributed by atoms with Crippen LogP contribution in [0.2, 0.25) is 0 Å². The van der Waals surface area contributed by atoms with Crippen LogP contribution in [-0.4, -0.2) is 69.9 Å². The second-order valence-corrected chi connectivity index (χ2v) is 5.67. The fraction of sp³-hybridized carbons (Fsp3) is 0.692. The van der Waals surface area contributed by atoms with E-state index in [1.165, 1.54) is 20.8 Å². The van der Waals surface area contributed by atoms with Crippen LogP contribution in [0.4, 0.5) is 0 Å². The van der Waals surface area contributed by atoms with Crippen LogP contribution in [0, 0.1) is 0 Å². The third kappa shape index (κ3) is 7.15. The van der Waals surface area contributed by atoms with E-state index < -0.39 is 54.0 Å². The third-order valence-corrected chi connectivity index (χ3v) is 3.49. The lowest BCUT2D eigenvalue weighted by Crippen LogP contribution is -2.56. The van der Waals surface area contributed by atoms with E-state index >= 15 is 0 Å². The van der Waals surface area contributed by atoms with Gasteiger partial charge in [0.25, 0.3) is 0 Å². The highest BCUT2D eigenvalue weighted by molar-refractivity contribution is 7.80. The molecular weight excluding hydrogens is 340 g/mol. The Morgan fingerprint density at radius 2 is 1.38 bits per heavy atom. The zero-order valence-electron chi connectivity index (χ0n) is 13.6. The molecule has 0 bridgehead atoms. The van der Waals surface area contributed by atoms with E-state index in [9.17, 15) is 24.3 Å². The predicted molar refractivity (Wildman–Crippen MR) is 88.3 cm³/mol. The van der Waals surface area contributed by atoms with Crippen molar-refractivity contribution in [2.75, 3.05) is 5.75 Å². The second kappa shape index (κ2) is 10.1. The van der Waals surface area contributed by atoms with Crippen molar-refractivity contribution in [2.45, 2.75) is 51.0 Å². The number of carboxylic acid groups (broad SMARTS) is 1. The first-order chi connectivity index (χ1) is 11.0. The van der Waals surface area contributed by atoms with Gasteiger partial charge in [-0.3, -0.25) is 14.4 Å². The van der Waals surface area contributed by atoms with E-state index in [-0.39, 0.29) is 5.75 Å². The Balaban J connectivity index is 4.55. The SMILES string of the molecule is CC(NC(=O)C(C)NC(=O)C(N)C(C)O)C(=O)NC(CS)C(=O)O. The number of hydrogen-bond donors (Lipinski definition) is 7. The average molecular weight is 364 g/mol. The lowest BCUT2D eigenvalue weighted by atomic mass is 10.1. The molecule has 0 radical (unpaired) electrons. The minimum absolute atomic E-state index is 0.106. The van der Waals surface area contributed by atoms with Gasteiger partial charge < -0.3 is 31.9 Å². The van der Waals surface area contributed by atoms with Crippen LogP contribution in [0.1, 0.15) is 20.8 Å². The van der Waals surface area contributed by atoms with Crippen LogP contribution < -0.4 is 21.7 Å². The van der Waals surface area contributed by atoms with Gasteiger partial charge >= 0.3 is 5.97 Å². The van der Waals surface area contributed by atoms with Crippen LogP contribution in [0.25, 0.3) is 0 Å². The number of carbonyl (C=O) groups is 4. The van der Waals surface area contributed by atoms with Crippen LogP contribution in [0.5, 0.6) is 0 Å². The van der Waals surface area contributed by atoms with E-state index in [1.807, 2.05) is 0 Å². The molecule has 0 aliphatic heterocycles. The highest BCUT2D eigenvalue weighted by atomic mass is 32.1. The van der Waals surface area contributed by atoms with E-state index in [1.54, 1.807) is 0 Å². The molecule has 0 aromatic heterocycles. The fourth-order valence-corrected chi connectivity index (χ4v) is 1.73. The Morgan fingerprint density at radius 3 is 1.75 bits per heavy atom. The van der Waals surface area contributed by atoms with Crippen molar-refractivity contribution in [2.24, 2.45) is 5.73 Å². The summed E-state index contributed by atoms with van der Waals surface area (Å²) in [5.74, 6) is -3.44. The zero-order chi connectivity index (χ0) is 19.0. The summed E-state index contributed by atoms with van der Waals surface area (Å²) >= 11 is 3.81. The molecule has 3 amide bonds. The van der Waals surface area contributed by atoms with Gasteiger partial charge in [-0.25, -0.2) is 4.79 Å². The molecule has 0 fully saturated rings. The molecule has 5 atom stereocenters. The van der Waals surface area contributed by atoms with Crippen LogP contribution >= 0.6 is 12.6 Å². The first-order valence-electron chi connectivity index (χ1n) is 7.19. The molecule has 7 N–H and O–H groups in total. The molecule has 0 aliphatic carbocycles. The van der Waals surface area contributed by atoms with Gasteiger partial charge in [-0.1, -0.05) is 0 Å². The number of hydrogen-bond acceptors (Lipinski definition) is 7. The number of carboxylic acids is 1. The van der Waals surface area contributed by atoms with E-state index in [0.717, 1.165) is 0 Å². The molecule has 0 aromatic rings. The summed E-state index contributed by atoms with van der Waals surface area (Å²) in [6.45, 7) is 4.07. The molecule has 10 nitrogen and oxygen atoms in total. The Hall–Kier alpha value is -1.85. The normalized spacial score (nSPS) is 16.9. The van der Waals surface area contributed by atoms with E-state index in [2.05, 4.69) is 28.6 Å². The average Bonchev–Trinajstić information content (AvgIpc) is 2.50. The number of carbonyl (C=O) groups excluding carboxylic acids is 3. The number of aliphatic hydroxyl groups excluding tert-OH is 1. The molecule has 0 aliphatic rings. The predicted octanol–water partition coefficient (Wildman–Crippen LogP) is -2.80. The maximum Gasteiger partial charge on any atom is 0.327 e. The molecule has 0 aromatic carbocycles. The van der Waals surface area contributed by atoms with Crippen molar-refractivity contribution in [3.05, 3.63) is 0 Å². The second-order valence-electron chi connectivity index (χ2n) is 5.31. The molecule has 0 saturated carbocycles. The first-order valence-corrected chi connectivity index (χ1v) is 7.82. The highest BCUT2D eigenvalue weighted by Gasteiger charge is 2.26. The van der Waals surface area contributed by atoms with Gasteiger partial charge in [-0.2, -0.15) is 12.6 Å². The maximum atomic E-state index is 11.9. The van der Waals surface area contributed by atoms with Crippen LogP contribution in [-0.2, 0) is 19.2 Å². The Labute approximate surface area is 144 Å². The number of nitrogens with two attached hydrogens (primary N) is 1. The van der Waals surface area contributed by atoms with Gasteiger partial charge in [0.15, 0.2) is 0 Å². The molecule has 0 heterocycles. The molecule has 0 saturated heterocycles. The molecule has 0 spiro atoms. The number of aliphatic hydroxyl groups is 1. The van der Waals surface area contributed by atoms with Gasteiger partial charge in [0, 0.05) is 5.75 Å². The van der Waals surface area contributed by atoms with E-state index in [0.29, 0.717) is 0 Å². The molecule has 0 rings (SSSR count). The third-order valence-electron chi connectivity index (χ3n) is 3.12. The maximum absolute atomic E-state index is 11.9. The number of amides is 3. The Kier molecular flexibility index (Phi) is 9.33. The molecule has 11 heteroatoms. The summed E-state index contributed by atoms with van der Waals surface area (Å²) in [5.41, 5.74) is 5.44. The summed E-state index contributed by atoms with van der Waals surface area (Å²) in [4.78, 5) is 46.2. The molecular formula is C13H24N4O6S. The highest BCUT2D eigenvalue weighted by Crippen LogP contribution is 1.94. The lowest BCUT2D eigenvalue weighted by Gasteiger charge is -2.21. The minimum atomic E-state index is -1.25. The summed E-state index contributed by atoms with van der Waals surface area (Å²) in [5, 5.41) is 24.9. The van der Waals surface area contributed by atoms with Crippen molar-refractivity contribution in [3.63, 3.8) is 0 Å². The van der Waals surface area contributed by atoms with Crippen molar-refractivity contribution < 1.29 is 29.4 Å². The number of thiol groups is 1. The van der Waals surface area contributed by atoms with Gasteiger partial charge in [-0.15, -0.1) is 0 Å². The molecule has 24 heavy (non-hydrogen) atoms. The van der Waals surface area contributed by atoms with Crippen molar-refractivity contribution >= 4 is 36.3 Å². The Bertz CT molecular complexity index is 487. The van der Waals surface area contributed by atoms with Crippen LogP contribution in [0.3, 0.4) is 0 Å². The topological polar surface area (TPSA) is 171 Å². The monoisotopic (exact) mass is 364 g/mol. The van der Waals surface area contributed by atoms with Gasteiger partial charge in [-0.05, 0) is 20.8 Å². The zero-order valence-corrected chi connectivity index (χ0v) is 14.5. The summed E-state index contributed by atoms with van der Waals surface area (Å²) in [6.07, 6.45) is -1.08. The molecule has 138 valence electrons. The Morgan fingerprint density at radius 1 is 0.958 bits per heavy atom. The summed E-state index contributed by atoms with van der Waals surface area (Å²) in [7, 11) is 0. The smallest absolute Gasteiger partial charge is 0.327 e. The van der Waals surface area contributed by atoms with Gasteiger partial charge in [0.2, 0.25) is 17.7 Å². The van der Waals surface area contributed by atoms with Crippen LogP contribution in [0.15, 0.2) is 0 Å². The van der Waals surface area contributed by atoms with E-state index in [4.69, 9.17) is 10.8 Å². The fourth-order valence-electron chi connectivity index (χ4n) is 1.48. The number of rotatable bonds is 9. The van der Waals surface area contributed by atoms with Crippen molar-refractivity contribution in [1.29, 1.82) is 0 Å². The van der Waals surface area contributed by atoms with Gasteiger partial charge in [0.05, 0.1) is 6.10 Å². The standard InChI is InChI=1S/C13H24N4O6S/c1-5(16-12(21)9(14)7(3)18)10(19)15-6(2)11(20)17-8(4-24)13(22)23/h5-9,18,24H,4,14H2,1-3H3,(H,15,19)(H,16,21)(H,17,20)(H,22,23). The van der Waals surface area contributed by atoms with Crippen molar-refractivity contribution in [3.8, 4) is 0 Å². The minimum Gasteiger partial charge on any atom is -0.480 e. The van der Waals surface area contributed by atoms with Crippen molar-refractivity contribution in [1.82, 2.24) is 16.0 Å². The van der Waals surface area contributed by atoms with Gasteiger partial charge in [0.1, 0.15) is 24.2 Å². The lowest BCUT2D eigenvalue weighted by molar-refractivity contribution is -0.141. The first kappa shape index (κ1) is 22.1. The quantitative estimate of drug-likeness (QED) is 0.217. The number of nitrogens with one attached hydrogen (secondary N) is 3. The largest absolute Gasteiger partial charge is 0.480 e.